The maximum Gasteiger partial charge on any atom is 0.338 e. The van der Waals surface area contributed by atoms with E-state index in [4.69, 9.17) is 9.47 Å². The van der Waals surface area contributed by atoms with Gasteiger partial charge in [-0.2, -0.15) is 4.31 Å². The van der Waals surface area contributed by atoms with Crippen LogP contribution in [0.1, 0.15) is 36.0 Å². The van der Waals surface area contributed by atoms with Gasteiger partial charge in [0.25, 0.3) is 5.91 Å². The number of rotatable bonds is 5. The smallest absolute Gasteiger partial charge is 0.338 e. The zero-order chi connectivity index (χ0) is 20.0. The van der Waals surface area contributed by atoms with Crippen LogP contribution in [0.2, 0.25) is 0 Å². The fourth-order valence-corrected chi connectivity index (χ4v) is 4.80. The van der Waals surface area contributed by atoms with Crippen molar-refractivity contribution >= 4 is 21.9 Å². The molecule has 28 heavy (non-hydrogen) atoms. The summed E-state index contributed by atoms with van der Waals surface area (Å²) in [5.41, 5.74) is 0.109. The van der Waals surface area contributed by atoms with Crippen molar-refractivity contribution in [3.63, 3.8) is 0 Å². The molecule has 2 saturated heterocycles. The van der Waals surface area contributed by atoms with Crippen LogP contribution in [-0.4, -0.2) is 75.5 Å². The van der Waals surface area contributed by atoms with Crippen LogP contribution >= 0.6 is 0 Å². The SMILES string of the molecule is O=C(OCC(=O)N1CCCCCC1)c1cccc(S(=O)(=O)N2CCOCC2)c1. The minimum Gasteiger partial charge on any atom is -0.452 e. The predicted molar refractivity (Wildman–Crippen MR) is 101 cm³/mol. The number of carbonyl (C=O) groups excluding carboxylic acids is 2. The van der Waals surface area contributed by atoms with E-state index in [1.54, 1.807) is 4.90 Å². The van der Waals surface area contributed by atoms with Crippen LogP contribution in [-0.2, 0) is 24.3 Å². The van der Waals surface area contributed by atoms with Crippen LogP contribution in [0.15, 0.2) is 29.2 Å². The molecular formula is C19H26N2O6S. The molecule has 1 aromatic rings. The summed E-state index contributed by atoms with van der Waals surface area (Å²) < 4.78 is 37.1. The maximum atomic E-state index is 12.7. The van der Waals surface area contributed by atoms with Gasteiger partial charge in [0.15, 0.2) is 6.61 Å². The second kappa shape index (κ2) is 9.49. The highest BCUT2D eigenvalue weighted by Gasteiger charge is 2.27. The Bertz CT molecular complexity index is 796. The third kappa shape index (κ3) is 5.09. The molecule has 0 atom stereocenters. The van der Waals surface area contributed by atoms with Crippen LogP contribution in [0.3, 0.4) is 0 Å². The fourth-order valence-electron chi connectivity index (χ4n) is 3.34. The van der Waals surface area contributed by atoms with Crippen molar-refractivity contribution < 1.29 is 27.5 Å². The molecule has 0 aromatic heterocycles. The minimum atomic E-state index is -3.70. The first-order valence-corrected chi connectivity index (χ1v) is 11.1. The van der Waals surface area contributed by atoms with Gasteiger partial charge >= 0.3 is 5.97 Å². The minimum absolute atomic E-state index is 0.0303. The number of esters is 1. The highest BCUT2D eigenvalue weighted by Crippen LogP contribution is 2.19. The third-order valence-electron chi connectivity index (χ3n) is 4.96. The van der Waals surface area contributed by atoms with E-state index in [2.05, 4.69) is 0 Å². The van der Waals surface area contributed by atoms with Crippen LogP contribution in [0.5, 0.6) is 0 Å². The number of sulfonamides is 1. The van der Waals surface area contributed by atoms with E-state index in [1.807, 2.05) is 0 Å². The van der Waals surface area contributed by atoms with Crippen molar-refractivity contribution in [3.8, 4) is 0 Å². The van der Waals surface area contributed by atoms with Crippen molar-refractivity contribution in [2.75, 3.05) is 46.0 Å². The summed E-state index contributed by atoms with van der Waals surface area (Å²) in [4.78, 5) is 26.3. The number of nitrogens with zero attached hydrogens (tertiary/aromatic N) is 2. The third-order valence-corrected chi connectivity index (χ3v) is 6.86. The number of carbonyl (C=O) groups is 2. The first kappa shape index (κ1) is 20.8. The number of morpholine rings is 1. The van der Waals surface area contributed by atoms with Crippen LogP contribution < -0.4 is 0 Å². The number of likely N-dealkylation sites (tertiary alicyclic amines) is 1. The van der Waals surface area contributed by atoms with E-state index in [0.29, 0.717) is 26.3 Å². The van der Waals surface area contributed by atoms with Gasteiger partial charge in [-0.3, -0.25) is 4.79 Å². The average molecular weight is 410 g/mol. The zero-order valence-corrected chi connectivity index (χ0v) is 16.7. The number of benzene rings is 1. The summed E-state index contributed by atoms with van der Waals surface area (Å²) in [5.74, 6) is -0.922. The van der Waals surface area contributed by atoms with Gasteiger partial charge in [0.1, 0.15) is 0 Å². The van der Waals surface area contributed by atoms with Crippen LogP contribution in [0.4, 0.5) is 0 Å². The molecule has 2 aliphatic heterocycles. The lowest BCUT2D eigenvalue weighted by Gasteiger charge is -2.26. The van der Waals surface area contributed by atoms with Gasteiger partial charge in [0.05, 0.1) is 23.7 Å². The molecule has 0 bridgehead atoms. The van der Waals surface area contributed by atoms with Crippen molar-refractivity contribution in [2.24, 2.45) is 0 Å². The van der Waals surface area contributed by atoms with Gasteiger partial charge < -0.3 is 14.4 Å². The lowest BCUT2D eigenvalue weighted by Crippen LogP contribution is -2.40. The van der Waals surface area contributed by atoms with Gasteiger partial charge in [-0.1, -0.05) is 18.9 Å². The molecule has 0 unspecified atom stereocenters. The van der Waals surface area contributed by atoms with Gasteiger partial charge in [0.2, 0.25) is 10.0 Å². The largest absolute Gasteiger partial charge is 0.452 e. The van der Waals surface area contributed by atoms with Crippen LogP contribution in [0, 0.1) is 0 Å². The summed E-state index contributed by atoms with van der Waals surface area (Å²) >= 11 is 0. The molecule has 0 N–H and O–H groups in total. The predicted octanol–water partition coefficient (Wildman–Crippen LogP) is 1.27. The molecule has 1 amide bonds. The maximum absolute atomic E-state index is 12.7. The summed E-state index contributed by atoms with van der Waals surface area (Å²) in [6.07, 6.45) is 4.13. The molecule has 1 aromatic carbocycles. The van der Waals surface area contributed by atoms with E-state index < -0.39 is 16.0 Å². The Balaban J connectivity index is 1.62. The van der Waals surface area contributed by atoms with Crippen LogP contribution in [0.25, 0.3) is 0 Å². The molecule has 0 aliphatic carbocycles. The quantitative estimate of drug-likeness (QED) is 0.679. The van der Waals surface area contributed by atoms with E-state index in [-0.39, 0.29) is 36.1 Å². The molecule has 2 aliphatic rings. The number of hydrogen-bond donors (Lipinski definition) is 0. The lowest BCUT2D eigenvalue weighted by atomic mass is 10.2. The Kier molecular flexibility index (Phi) is 7.03. The first-order valence-electron chi connectivity index (χ1n) is 9.61. The van der Waals surface area contributed by atoms with Gasteiger partial charge in [-0.15, -0.1) is 0 Å². The van der Waals surface area contributed by atoms with Gasteiger partial charge in [-0.25, -0.2) is 13.2 Å². The molecule has 8 nitrogen and oxygen atoms in total. The molecule has 3 rings (SSSR count). The Morgan fingerprint density at radius 2 is 1.68 bits per heavy atom. The monoisotopic (exact) mass is 410 g/mol. The van der Waals surface area contributed by atoms with Gasteiger partial charge in [-0.05, 0) is 31.0 Å². The number of hydrogen-bond acceptors (Lipinski definition) is 6. The Labute approximate surface area is 165 Å². The summed E-state index contributed by atoms with van der Waals surface area (Å²) in [7, 11) is -3.70. The molecule has 0 saturated carbocycles. The second-order valence-corrected chi connectivity index (χ2v) is 8.85. The Morgan fingerprint density at radius 3 is 2.36 bits per heavy atom. The lowest BCUT2D eigenvalue weighted by molar-refractivity contribution is -0.134. The molecule has 9 heteroatoms. The van der Waals surface area contributed by atoms with E-state index in [1.165, 1.54) is 28.6 Å². The van der Waals surface area contributed by atoms with Crippen molar-refractivity contribution in [1.29, 1.82) is 0 Å². The highest BCUT2D eigenvalue weighted by atomic mass is 32.2. The number of ether oxygens (including phenoxy) is 2. The molecule has 0 radical (unpaired) electrons. The Hall–Kier alpha value is -1.97. The topological polar surface area (TPSA) is 93.2 Å². The first-order chi connectivity index (χ1) is 13.5. The van der Waals surface area contributed by atoms with Crippen molar-refractivity contribution in [3.05, 3.63) is 29.8 Å². The van der Waals surface area contributed by atoms with E-state index in [0.717, 1.165) is 25.7 Å². The summed E-state index contributed by atoms with van der Waals surface area (Å²) in [6, 6.07) is 5.73. The molecule has 154 valence electrons. The Morgan fingerprint density at radius 1 is 1.00 bits per heavy atom. The normalized spacial score (nSPS) is 19.1. The molecule has 2 heterocycles. The fraction of sp³-hybridized carbons (Fsp3) is 0.579. The second-order valence-electron chi connectivity index (χ2n) is 6.92. The summed E-state index contributed by atoms with van der Waals surface area (Å²) in [5, 5.41) is 0. The van der Waals surface area contributed by atoms with E-state index in [9.17, 15) is 18.0 Å². The van der Waals surface area contributed by atoms with Gasteiger partial charge in [0, 0.05) is 26.2 Å². The highest BCUT2D eigenvalue weighted by molar-refractivity contribution is 7.89. The zero-order valence-electron chi connectivity index (χ0n) is 15.8. The molecule has 0 spiro atoms. The van der Waals surface area contributed by atoms with Crippen molar-refractivity contribution in [1.82, 2.24) is 9.21 Å². The average Bonchev–Trinajstić information content (AvgIpc) is 3.02. The standard InChI is InChI=1S/C19H26N2O6S/c22-18(20-8-3-1-2-4-9-20)15-27-19(23)16-6-5-7-17(14-16)28(24,25)21-10-12-26-13-11-21/h5-7,14H,1-4,8-13,15H2. The molecular weight excluding hydrogens is 384 g/mol. The van der Waals surface area contributed by atoms with E-state index >= 15 is 0 Å². The molecule has 2 fully saturated rings. The summed E-state index contributed by atoms with van der Waals surface area (Å²) in [6.45, 7) is 2.29. The number of amides is 1. The van der Waals surface area contributed by atoms with Crippen molar-refractivity contribution in [2.45, 2.75) is 30.6 Å².